The van der Waals surface area contributed by atoms with E-state index in [1.165, 1.54) is 0 Å². The smallest absolute Gasteiger partial charge is 0.113 e. The Morgan fingerprint density at radius 2 is 1.48 bits per heavy atom. The predicted molar refractivity (Wildman–Crippen MR) is 80.4 cm³/mol. The van der Waals surface area contributed by atoms with Crippen LogP contribution in [0, 0.1) is 0 Å². The average Bonchev–Trinajstić information content (AvgIpc) is 3.13. The van der Waals surface area contributed by atoms with E-state index in [4.69, 9.17) is 0 Å². The van der Waals surface area contributed by atoms with E-state index in [1.54, 1.807) is 4.68 Å². The monoisotopic (exact) mass is 276 g/mol. The molecule has 0 radical (unpaired) electrons. The molecule has 4 rings (SSSR count). The van der Waals surface area contributed by atoms with Crippen LogP contribution in [0.2, 0.25) is 0 Å². The Morgan fingerprint density at radius 3 is 2.33 bits per heavy atom. The molecule has 0 aliphatic heterocycles. The maximum absolute atomic E-state index is 4.15. The van der Waals surface area contributed by atoms with Crippen LogP contribution >= 0.6 is 0 Å². The van der Waals surface area contributed by atoms with Crippen molar-refractivity contribution in [3.05, 3.63) is 54.6 Å². The number of allylic oxidation sites excluding steroid dienone is 1. The van der Waals surface area contributed by atoms with Gasteiger partial charge in [-0.1, -0.05) is 34.7 Å². The first kappa shape index (κ1) is 11.8. The Kier molecular flexibility index (Phi) is 2.71. The number of hydrogen-bond donors (Lipinski definition) is 0. The Bertz CT molecular complexity index is 933. The van der Waals surface area contributed by atoms with Gasteiger partial charge in [0.15, 0.2) is 0 Å². The van der Waals surface area contributed by atoms with Gasteiger partial charge in [-0.3, -0.25) is 0 Å². The third-order valence-electron chi connectivity index (χ3n) is 3.32. The number of rotatable bonds is 3. The third-order valence-corrected chi connectivity index (χ3v) is 3.32. The van der Waals surface area contributed by atoms with Gasteiger partial charge in [-0.05, 0) is 30.3 Å². The van der Waals surface area contributed by atoms with Crippen molar-refractivity contribution in [1.29, 1.82) is 0 Å². The highest BCUT2D eigenvalue weighted by Crippen LogP contribution is 2.11. The first-order chi connectivity index (χ1) is 10.4. The number of aromatic nitrogens is 6. The molecular weight excluding hydrogens is 264 g/mol. The summed E-state index contributed by atoms with van der Waals surface area (Å²) in [4.78, 5) is 0. The summed E-state index contributed by atoms with van der Waals surface area (Å²) in [6.07, 6.45) is 3.88. The van der Waals surface area contributed by atoms with Crippen LogP contribution in [0.4, 0.5) is 0 Å². The molecule has 4 aromatic rings. The molecule has 0 saturated heterocycles. The molecule has 0 unspecified atom stereocenters. The molecule has 2 aromatic heterocycles. The largest absolute Gasteiger partial charge is 0.241 e. The fraction of sp³-hybridized carbons (Fsp3) is 0.0667. The minimum Gasteiger partial charge on any atom is -0.241 e. The molecule has 0 atom stereocenters. The van der Waals surface area contributed by atoms with Crippen LogP contribution in [0.3, 0.4) is 0 Å². The summed E-state index contributed by atoms with van der Waals surface area (Å²) < 4.78 is 3.61. The lowest BCUT2D eigenvalue weighted by molar-refractivity contribution is 0.681. The fourth-order valence-corrected chi connectivity index (χ4v) is 2.30. The third kappa shape index (κ3) is 2.06. The quantitative estimate of drug-likeness (QED) is 0.576. The molecule has 0 saturated carbocycles. The van der Waals surface area contributed by atoms with Gasteiger partial charge in [-0.25, -0.2) is 9.36 Å². The van der Waals surface area contributed by atoms with Crippen LogP contribution < -0.4 is 0 Å². The van der Waals surface area contributed by atoms with Crippen LogP contribution in [0.25, 0.3) is 28.3 Å². The first-order valence-corrected chi connectivity index (χ1v) is 6.67. The topological polar surface area (TPSA) is 61.4 Å². The maximum atomic E-state index is 4.15. The van der Waals surface area contributed by atoms with Crippen molar-refractivity contribution in [3.63, 3.8) is 0 Å². The van der Waals surface area contributed by atoms with Gasteiger partial charge < -0.3 is 0 Å². The van der Waals surface area contributed by atoms with Crippen molar-refractivity contribution >= 4 is 28.3 Å². The van der Waals surface area contributed by atoms with Crippen LogP contribution in [0.5, 0.6) is 0 Å². The van der Waals surface area contributed by atoms with Gasteiger partial charge in [0.05, 0.1) is 17.6 Å². The van der Waals surface area contributed by atoms with Gasteiger partial charge in [0, 0.05) is 6.20 Å². The lowest BCUT2D eigenvalue weighted by atomic mass is 10.3. The first-order valence-electron chi connectivity index (χ1n) is 6.67. The molecule has 6 heteroatoms. The summed E-state index contributed by atoms with van der Waals surface area (Å²) in [5.74, 6) is 0. The molecule has 2 heterocycles. The van der Waals surface area contributed by atoms with Crippen molar-refractivity contribution < 1.29 is 0 Å². The minimum atomic E-state index is 0.634. The molecule has 0 amide bonds. The summed E-state index contributed by atoms with van der Waals surface area (Å²) in [6.45, 7) is 0.634. The molecule has 6 nitrogen and oxygen atoms in total. The molecule has 0 bridgehead atoms. The van der Waals surface area contributed by atoms with E-state index in [-0.39, 0.29) is 0 Å². The second-order valence-corrected chi connectivity index (χ2v) is 4.67. The van der Waals surface area contributed by atoms with E-state index >= 15 is 0 Å². The molecule has 21 heavy (non-hydrogen) atoms. The lowest BCUT2D eigenvalue weighted by Crippen LogP contribution is -1.98. The number of hydrogen-bond acceptors (Lipinski definition) is 4. The number of fused-ring (bicyclic) bond motifs is 2. The molecule has 0 aliphatic rings. The van der Waals surface area contributed by atoms with Gasteiger partial charge >= 0.3 is 0 Å². The van der Waals surface area contributed by atoms with E-state index in [2.05, 4.69) is 20.6 Å². The summed E-state index contributed by atoms with van der Waals surface area (Å²) in [6, 6.07) is 15.8. The minimum absolute atomic E-state index is 0.634. The van der Waals surface area contributed by atoms with Crippen molar-refractivity contribution in [2.75, 3.05) is 0 Å². The highest BCUT2D eigenvalue weighted by atomic mass is 15.4. The molecule has 2 aromatic carbocycles. The Labute approximate surface area is 120 Å². The fourth-order valence-electron chi connectivity index (χ4n) is 2.30. The second-order valence-electron chi connectivity index (χ2n) is 4.67. The van der Waals surface area contributed by atoms with Crippen LogP contribution in [0.15, 0.2) is 54.6 Å². The lowest BCUT2D eigenvalue weighted by Gasteiger charge is -1.97. The van der Waals surface area contributed by atoms with Gasteiger partial charge in [0.2, 0.25) is 0 Å². The maximum Gasteiger partial charge on any atom is 0.113 e. The molecule has 0 spiro atoms. The molecule has 102 valence electrons. The van der Waals surface area contributed by atoms with E-state index in [9.17, 15) is 0 Å². The molecule has 0 fully saturated rings. The SMILES string of the molecule is C(=C/n1nnc2ccccc21)/Cn1nnc2ccccc21. The van der Waals surface area contributed by atoms with Gasteiger partial charge in [0.1, 0.15) is 11.0 Å². The number of nitrogens with zero attached hydrogens (tertiary/aromatic N) is 6. The van der Waals surface area contributed by atoms with E-state index in [0.717, 1.165) is 22.1 Å². The second kappa shape index (κ2) is 4.82. The zero-order valence-electron chi connectivity index (χ0n) is 11.2. The van der Waals surface area contributed by atoms with E-state index in [0.29, 0.717) is 6.54 Å². The summed E-state index contributed by atoms with van der Waals surface area (Å²) >= 11 is 0. The van der Waals surface area contributed by atoms with Gasteiger partial charge in [-0.2, -0.15) is 0 Å². The van der Waals surface area contributed by atoms with Crippen LogP contribution in [-0.4, -0.2) is 30.0 Å². The Morgan fingerprint density at radius 1 is 0.810 bits per heavy atom. The number of benzene rings is 2. The Balaban J connectivity index is 1.61. The highest BCUT2D eigenvalue weighted by Gasteiger charge is 2.02. The van der Waals surface area contributed by atoms with Crippen molar-refractivity contribution in [3.8, 4) is 0 Å². The number of para-hydroxylation sites is 2. The Hall–Kier alpha value is -3.02. The molecule has 0 N–H and O–H groups in total. The molecule has 0 aliphatic carbocycles. The summed E-state index contributed by atoms with van der Waals surface area (Å²) in [7, 11) is 0. The van der Waals surface area contributed by atoms with Gasteiger partial charge in [0.25, 0.3) is 0 Å². The van der Waals surface area contributed by atoms with Crippen LogP contribution in [0.1, 0.15) is 0 Å². The van der Waals surface area contributed by atoms with Gasteiger partial charge in [-0.15, -0.1) is 10.2 Å². The van der Waals surface area contributed by atoms with Crippen molar-refractivity contribution in [2.45, 2.75) is 6.54 Å². The normalized spacial score (nSPS) is 11.8. The predicted octanol–water partition coefficient (Wildman–Crippen LogP) is 2.35. The van der Waals surface area contributed by atoms with Crippen molar-refractivity contribution in [2.24, 2.45) is 0 Å². The van der Waals surface area contributed by atoms with Crippen LogP contribution in [-0.2, 0) is 6.54 Å². The highest BCUT2D eigenvalue weighted by molar-refractivity contribution is 5.76. The summed E-state index contributed by atoms with van der Waals surface area (Å²) in [5, 5.41) is 16.5. The standard InChI is InChI=1S/C15H12N6/c1-3-8-14-12(6-1)16-18-20(14)10-5-11-21-15-9-4-2-7-13(15)17-19-21/h1-10H,11H2/b10-5-. The molecular formula is C15H12N6. The average molecular weight is 276 g/mol. The van der Waals surface area contributed by atoms with E-state index in [1.807, 2.05) is 65.5 Å². The zero-order valence-corrected chi connectivity index (χ0v) is 11.2. The van der Waals surface area contributed by atoms with E-state index < -0.39 is 0 Å². The summed E-state index contributed by atoms with van der Waals surface area (Å²) in [5.41, 5.74) is 3.79. The van der Waals surface area contributed by atoms with Crippen molar-refractivity contribution in [1.82, 2.24) is 30.0 Å². The zero-order chi connectivity index (χ0) is 14.1.